The predicted molar refractivity (Wildman–Crippen MR) is 72.2 cm³/mol. The molecule has 0 radical (unpaired) electrons. The minimum absolute atomic E-state index is 0.212. The average Bonchev–Trinajstić information content (AvgIpc) is 2.38. The molecule has 0 bridgehead atoms. The summed E-state index contributed by atoms with van der Waals surface area (Å²) < 4.78 is 5.20. The first-order valence-electron chi connectivity index (χ1n) is 6.17. The Kier molecular flexibility index (Phi) is 5.43. The van der Waals surface area contributed by atoms with E-state index in [0.29, 0.717) is 18.1 Å². The highest BCUT2D eigenvalue weighted by Gasteiger charge is 2.08. The second-order valence-electron chi connectivity index (χ2n) is 4.53. The third-order valence-corrected chi connectivity index (χ3v) is 2.79. The van der Waals surface area contributed by atoms with Gasteiger partial charge in [-0.1, -0.05) is 32.4 Å². The zero-order valence-electron chi connectivity index (χ0n) is 11.1. The molecule has 1 atom stereocenters. The van der Waals surface area contributed by atoms with Gasteiger partial charge < -0.3 is 9.84 Å². The molecule has 0 spiro atoms. The molecule has 1 rings (SSSR count). The summed E-state index contributed by atoms with van der Waals surface area (Å²) in [7, 11) is 0. The summed E-state index contributed by atoms with van der Waals surface area (Å²) in [6.07, 6.45) is 2.74. The number of phenolic OH excluding ortho intramolecular Hbond substituents is 1. The van der Waals surface area contributed by atoms with E-state index in [9.17, 15) is 4.79 Å². The molecule has 98 valence electrons. The van der Waals surface area contributed by atoms with E-state index in [1.54, 1.807) is 37.3 Å². The lowest BCUT2D eigenvalue weighted by Crippen LogP contribution is -2.12. The molecule has 1 unspecified atom stereocenters. The van der Waals surface area contributed by atoms with Crippen molar-refractivity contribution in [3.63, 3.8) is 0 Å². The maximum absolute atomic E-state index is 11.7. The second kappa shape index (κ2) is 6.84. The van der Waals surface area contributed by atoms with Crippen LogP contribution < -0.4 is 0 Å². The van der Waals surface area contributed by atoms with Crippen molar-refractivity contribution in [1.29, 1.82) is 0 Å². The lowest BCUT2D eigenvalue weighted by molar-refractivity contribution is -0.140. The number of hydrogen-bond acceptors (Lipinski definition) is 3. The average molecular weight is 248 g/mol. The molecule has 0 aliphatic heterocycles. The van der Waals surface area contributed by atoms with Crippen LogP contribution in [-0.4, -0.2) is 17.7 Å². The van der Waals surface area contributed by atoms with Gasteiger partial charge in [-0.25, -0.2) is 4.79 Å². The molecule has 18 heavy (non-hydrogen) atoms. The highest BCUT2D eigenvalue weighted by Crippen LogP contribution is 2.13. The number of rotatable bonds is 5. The van der Waals surface area contributed by atoms with Crippen LogP contribution in [0.2, 0.25) is 0 Å². The number of benzene rings is 1. The third kappa shape index (κ3) is 4.62. The molecule has 0 aliphatic rings. The Hall–Kier alpha value is -1.77. The van der Waals surface area contributed by atoms with Crippen LogP contribution in [0.15, 0.2) is 29.8 Å². The number of esters is 1. The van der Waals surface area contributed by atoms with E-state index in [-0.39, 0.29) is 11.7 Å². The SMILES string of the molecule is CCC(C)COC(=O)/C(C)=C/c1ccc(O)cc1. The Morgan fingerprint density at radius 1 is 1.39 bits per heavy atom. The number of hydrogen-bond donors (Lipinski definition) is 1. The second-order valence-corrected chi connectivity index (χ2v) is 4.53. The summed E-state index contributed by atoms with van der Waals surface area (Å²) in [5.41, 5.74) is 1.43. The molecule has 1 N–H and O–H groups in total. The Bertz CT molecular complexity index is 418. The van der Waals surface area contributed by atoms with Crippen LogP contribution in [0.4, 0.5) is 0 Å². The molecule has 1 aromatic carbocycles. The predicted octanol–water partition coefficient (Wildman–Crippen LogP) is 3.38. The van der Waals surface area contributed by atoms with Crippen LogP contribution in [0, 0.1) is 5.92 Å². The third-order valence-electron chi connectivity index (χ3n) is 2.79. The van der Waals surface area contributed by atoms with Gasteiger partial charge in [0.05, 0.1) is 6.61 Å². The summed E-state index contributed by atoms with van der Waals surface area (Å²) >= 11 is 0. The Morgan fingerprint density at radius 2 is 2.00 bits per heavy atom. The summed E-state index contributed by atoms with van der Waals surface area (Å²) in [5, 5.41) is 9.16. The molecule has 0 aliphatic carbocycles. The van der Waals surface area contributed by atoms with Gasteiger partial charge in [-0.3, -0.25) is 0 Å². The van der Waals surface area contributed by atoms with E-state index in [2.05, 4.69) is 6.92 Å². The van der Waals surface area contributed by atoms with E-state index >= 15 is 0 Å². The summed E-state index contributed by atoms with van der Waals surface area (Å²) in [6.45, 7) is 6.30. The monoisotopic (exact) mass is 248 g/mol. The standard InChI is InChI=1S/C15H20O3/c1-4-11(2)10-18-15(17)12(3)9-13-5-7-14(16)8-6-13/h5-9,11,16H,4,10H2,1-3H3/b12-9+. The van der Waals surface area contributed by atoms with Crippen LogP contribution in [0.5, 0.6) is 5.75 Å². The number of ether oxygens (including phenoxy) is 1. The van der Waals surface area contributed by atoms with Crippen molar-refractivity contribution < 1.29 is 14.6 Å². The largest absolute Gasteiger partial charge is 0.508 e. The Morgan fingerprint density at radius 3 is 2.56 bits per heavy atom. The van der Waals surface area contributed by atoms with Gasteiger partial charge in [-0.15, -0.1) is 0 Å². The van der Waals surface area contributed by atoms with Crippen LogP contribution in [0.1, 0.15) is 32.8 Å². The van der Waals surface area contributed by atoms with Gasteiger partial charge in [-0.2, -0.15) is 0 Å². The fourth-order valence-electron chi connectivity index (χ4n) is 1.33. The van der Waals surface area contributed by atoms with Crippen LogP contribution in [0.3, 0.4) is 0 Å². The van der Waals surface area contributed by atoms with Gasteiger partial charge in [0.15, 0.2) is 0 Å². The van der Waals surface area contributed by atoms with Crippen LogP contribution in [-0.2, 0) is 9.53 Å². The smallest absolute Gasteiger partial charge is 0.333 e. The van der Waals surface area contributed by atoms with E-state index in [0.717, 1.165) is 12.0 Å². The number of carbonyl (C=O) groups is 1. The minimum atomic E-state index is -0.289. The lowest BCUT2D eigenvalue weighted by Gasteiger charge is -2.09. The zero-order chi connectivity index (χ0) is 13.5. The van der Waals surface area contributed by atoms with Gasteiger partial charge in [0, 0.05) is 5.57 Å². The molecular formula is C15H20O3. The van der Waals surface area contributed by atoms with Crippen molar-refractivity contribution in [1.82, 2.24) is 0 Å². The molecule has 1 aromatic rings. The van der Waals surface area contributed by atoms with Crippen molar-refractivity contribution in [2.24, 2.45) is 5.92 Å². The quantitative estimate of drug-likeness (QED) is 0.641. The molecule has 0 aromatic heterocycles. The molecule has 3 nitrogen and oxygen atoms in total. The topological polar surface area (TPSA) is 46.5 Å². The number of carbonyl (C=O) groups excluding carboxylic acids is 1. The van der Waals surface area contributed by atoms with Gasteiger partial charge >= 0.3 is 5.97 Å². The van der Waals surface area contributed by atoms with E-state index < -0.39 is 0 Å². The first kappa shape index (κ1) is 14.3. The Balaban J connectivity index is 2.60. The zero-order valence-corrected chi connectivity index (χ0v) is 11.1. The fourth-order valence-corrected chi connectivity index (χ4v) is 1.33. The summed E-state index contributed by atoms with van der Waals surface area (Å²) in [4.78, 5) is 11.7. The molecular weight excluding hydrogens is 228 g/mol. The normalized spacial score (nSPS) is 13.2. The number of aromatic hydroxyl groups is 1. The van der Waals surface area contributed by atoms with Crippen LogP contribution in [0.25, 0.3) is 6.08 Å². The molecule has 0 saturated carbocycles. The van der Waals surface area contributed by atoms with Gasteiger partial charge in [-0.05, 0) is 36.6 Å². The van der Waals surface area contributed by atoms with Gasteiger partial charge in [0.25, 0.3) is 0 Å². The molecule has 0 fully saturated rings. The summed E-state index contributed by atoms with van der Waals surface area (Å²) in [5.74, 6) is 0.308. The van der Waals surface area contributed by atoms with Crippen LogP contribution >= 0.6 is 0 Å². The lowest BCUT2D eigenvalue weighted by atomic mass is 10.1. The van der Waals surface area contributed by atoms with Crippen molar-refractivity contribution in [2.75, 3.05) is 6.61 Å². The van der Waals surface area contributed by atoms with E-state index in [1.165, 1.54) is 0 Å². The first-order chi connectivity index (χ1) is 8.52. The van der Waals surface area contributed by atoms with Crippen molar-refractivity contribution in [3.8, 4) is 5.75 Å². The maximum atomic E-state index is 11.7. The molecule has 0 amide bonds. The van der Waals surface area contributed by atoms with Gasteiger partial charge in [0.2, 0.25) is 0 Å². The minimum Gasteiger partial charge on any atom is -0.508 e. The van der Waals surface area contributed by atoms with Crippen molar-refractivity contribution >= 4 is 12.0 Å². The highest BCUT2D eigenvalue weighted by atomic mass is 16.5. The first-order valence-corrected chi connectivity index (χ1v) is 6.17. The fraction of sp³-hybridized carbons (Fsp3) is 0.400. The Labute approximate surface area is 108 Å². The van der Waals surface area contributed by atoms with Crippen molar-refractivity contribution in [2.45, 2.75) is 27.2 Å². The molecule has 0 saturated heterocycles. The summed E-state index contributed by atoms with van der Waals surface area (Å²) in [6, 6.07) is 6.68. The van der Waals surface area contributed by atoms with E-state index in [4.69, 9.17) is 9.84 Å². The van der Waals surface area contributed by atoms with Gasteiger partial charge in [0.1, 0.15) is 5.75 Å². The molecule has 0 heterocycles. The number of phenols is 1. The highest BCUT2D eigenvalue weighted by molar-refractivity contribution is 5.93. The molecule has 3 heteroatoms. The maximum Gasteiger partial charge on any atom is 0.333 e. The van der Waals surface area contributed by atoms with E-state index in [1.807, 2.05) is 6.92 Å². The van der Waals surface area contributed by atoms with Crippen molar-refractivity contribution in [3.05, 3.63) is 35.4 Å².